The summed E-state index contributed by atoms with van der Waals surface area (Å²) >= 11 is 7.46. The van der Waals surface area contributed by atoms with Gasteiger partial charge in [-0.15, -0.1) is 0 Å². The molecule has 1 aliphatic heterocycles. The van der Waals surface area contributed by atoms with Crippen LogP contribution < -0.4 is 5.32 Å². The highest BCUT2D eigenvalue weighted by molar-refractivity contribution is 7.98. The summed E-state index contributed by atoms with van der Waals surface area (Å²) in [6.45, 7) is 6.72. The summed E-state index contributed by atoms with van der Waals surface area (Å²) in [5, 5.41) is 4.53. The van der Waals surface area contributed by atoms with Gasteiger partial charge in [0.1, 0.15) is 11.0 Å². The van der Waals surface area contributed by atoms with Crippen LogP contribution in [-0.4, -0.2) is 47.3 Å². The quantitative estimate of drug-likeness (QED) is 0.514. The third-order valence-electron chi connectivity index (χ3n) is 3.47. The molecule has 0 aromatic carbocycles. The van der Waals surface area contributed by atoms with Gasteiger partial charge in [-0.3, -0.25) is 0 Å². The van der Waals surface area contributed by atoms with Gasteiger partial charge >= 0.3 is 0 Å². The Kier molecular flexibility index (Phi) is 5.73. The van der Waals surface area contributed by atoms with Gasteiger partial charge in [-0.2, -0.15) is 0 Å². The molecule has 1 fully saturated rings. The molecular formula is C13H21ClN4S. The van der Waals surface area contributed by atoms with Crippen molar-refractivity contribution in [3.63, 3.8) is 0 Å². The average Bonchev–Trinajstić information content (AvgIpc) is 2.40. The lowest BCUT2D eigenvalue weighted by molar-refractivity contribution is 0.199. The molecule has 0 aliphatic carbocycles. The minimum absolute atomic E-state index is 0.494. The fraction of sp³-hybridized carbons (Fsp3) is 0.692. The second kappa shape index (κ2) is 7.31. The first kappa shape index (κ1) is 14.9. The normalized spacial score (nSPS) is 17.6. The molecule has 0 unspecified atom stereocenters. The first-order chi connectivity index (χ1) is 9.17. The molecule has 0 bridgehead atoms. The molecule has 0 radical (unpaired) electrons. The van der Waals surface area contributed by atoms with Crippen molar-refractivity contribution in [1.82, 2.24) is 14.9 Å². The number of piperidine rings is 1. The van der Waals surface area contributed by atoms with E-state index in [0.717, 1.165) is 24.8 Å². The highest BCUT2D eigenvalue weighted by Crippen LogP contribution is 2.18. The average molecular weight is 301 g/mol. The Morgan fingerprint density at radius 2 is 2.16 bits per heavy atom. The molecule has 0 amide bonds. The number of thioether (sulfide) groups is 1. The van der Waals surface area contributed by atoms with Gasteiger partial charge in [0, 0.05) is 19.2 Å². The van der Waals surface area contributed by atoms with Crippen molar-refractivity contribution in [3.05, 3.63) is 11.2 Å². The van der Waals surface area contributed by atoms with Gasteiger partial charge in [-0.25, -0.2) is 9.97 Å². The van der Waals surface area contributed by atoms with Crippen LogP contribution in [0.2, 0.25) is 5.15 Å². The molecule has 1 N–H and O–H groups in total. The maximum atomic E-state index is 5.96. The third-order valence-corrected chi connectivity index (χ3v) is 4.21. The summed E-state index contributed by atoms with van der Waals surface area (Å²) in [5.41, 5.74) is 0. The highest BCUT2D eigenvalue weighted by atomic mass is 35.5. The first-order valence-electron chi connectivity index (χ1n) is 6.72. The minimum atomic E-state index is 0.494. The van der Waals surface area contributed by atoms with Crippen molar-refractivity contribution in [3.8, 4) is 0 Å². The molecule has 19 heavy (non-hydrogen) atoms. The van der Waals surface area contributed by atoms with E-state index in [2.05, 4.69) is 27.1 Å². The molecule has 0 spiro atoms. The fourth-order valence-corrected chi connectivity index (χ4v) is 2.82. The molecule has 4 nitrogen and oxygen atoms in total. The van der Waals surface area contributed by atoms with E-state index >= 15 is 0 Å². The number of rotatable bonds is 5. The lowest BCUT2D eigenvalue weighted by atomic mass is 9.99. The first-order valence-corrected chi connectivity index (χ1v) is 8.32. The van der Waals surface area contributed by atoms with Gasteiger partial charge in [0.25, 0.3) is 0 Å². The number of likely N-dealkylation sites (tertiary alicyclic amines) is 1. The van der Waals surface area contributed by atoms with Gasteiger partial charge in [0.2, 0.25) is 0 Å². The summed E-state index contributed by atoms with van der Waals surface area (Å²) in [6.07, 6.45) is 4.58. The Balaban J connectivity index is 1.77. The van der Waals surface area contributed by atoms with Crippen LogP contribution >= 0.6 is 23.4 Å². The van der Waals surface area contributed by atoms with Gasteiger partial charge in [-0.05, 0) is 38.1 Å². The van der Waals surface area contributed by atoms with Gasteiger partial charge < -0.3 is 10.2 Å². The van der Waals surface area contributed by atoms with Crippen LogP contribution in [0.15, 0.2) is 11.2 Å². The summed E-state index contributed by atoms with van der Waals surface area (Å²) < 4.78 is 0. The lowest BCUT2D eigenvalue weighted by Gasteiger charge is -2.30. The van der Waals surface area contributed by atoms with Crippen molar-refractivity contribution in [2.75, 3.05) is 37.8 Å². The standard InChI is InChI=1S/C13H21ClN4S/c1-10-3-6-18(7-4-10)8-5-15-12-9-11(14)16-13(17-12)19-2/h9-10H,3-8H2,1-2H3,(H,15,16,17). The molecule has 1 saturated heterocycles. The van der Waals surface area contributed by atoms with Crippen molar-refractivity contribution in [1.29, 1.82) is 0 Å². The molecule has 6 heteroatoms. The number of aromatic nitrogens is 2. The predicted octanol–water partition coefficient (Wildman–Crippen LogP) is 3.00. The Morgan fingerprint density at radius 1 is 1.42 bits per heavy atom. The monoisotopic (exact) mass is 300 g/mol. The number of hydrogen-bond acceptors (Lipinski definition) is 5. The van der Waals surface area contributed by atoms with Crippen LogP contribution in [0.1, 0.15) is 19.8 Å². The van der Waals surface area contributed by atoms with Crippen molar-refractivity contribution >= 4 is 29.2 Å². The van der Waals surface area contributed by atoms with E-state index in [0.29, 0.717) is 10.3 Å². The summed E-state index contributed by atoms with van der Waals surface area (Å²) in [7, 11) is 0. The minimum Gasteiger partial charge on any atom is -0.369 e. The second-order valence-electron chi connectivity index (χ2n) is 5.01. The fourth-order valence-electron chi connectivity index (χ4n) is 2.21. The molecule has 1 aromatic rings. The van der Waals surface area contributed by atoms with Crippen LogP contribution in [0, 0.1) is 5.92 Å². The molecule has 1 aliphatic rings. The number of halogens is 1. The SMILES string of the molecule is CSc1nc(Cl)cc(NCCN2CCC(C)CC2)n1. The van der Waals surface area contributed by atoms with E-state index in [4.69, 9.17) is 11.6 Å². The molecule has 2 heterocycles. The van der Waals surface area contributed by atoms with E-state index in [1.54, 1.807) is 6.07 Å². The number of anilines is 1. The molecular weight excluding hydrogens is 280 g/mol. The smallest absolute Gasteiger partial charge is 0.190 e. The van der Waals surface area contributed by atoms with Crippen LogP contribution in [0.3, 0.4) is 0 Å². The second-order valence-corrected chi connectivity index (χ2v) is 6.17. The van der Waals surface area contributed by atoms with Crippen molar-refractivity contribution in [2.45, 2.75) is 24.9 Å². The Morgan fingerprint density at radius 3 is 2.84 bits per heavy atom. The largest absolute Gasteiger partial charge is 0.369 e. The van der Waals surface area contributed by atoms with E-state index in [1.807, 2.05) is 6.26 Å². The van der Waals surface area contributed by atoms with E-state index in [1.165, 1.54) is 37.7 Å². The number of nitrogens with one attached hydrogen (secondary N) is 1. The van der Waals surface area contributed by atoms with Crippen LogP contribution in [0.4, 0.5) is 5.82 Å². The topological polar surface area (TPSA) is 41.1 Å². The number of hydrogen-bond donors (Lipinski definition) is 1. The third kappa shape index (κ3) is 4.82. The van der Waals surface area contributed by atoms with Gasteiger partial charge in [0.05, 0.1) is 0 Å². The van der Waals surface area contributed by atoms with Crippen LogP contribution in [0.5, 0.6) is 0 Å². The molecule has 0 saturated carbocycles. The molecule has 2 rings (SSSR count). The van der Waals surface area contributed by atoms with E-state index in [9.17, 15) is 0 Å². The van der Waals surface area contributed by atoms with Gasteiger partial charge in [0.15, 0.2) is 5.16 Å². The van der Waals surface area contributed by atoms with Gasteiger partial charge in [-0.1, -0.05) is 30.3 Å². The Labute approximate surface area is 124 Å². The van der Waals surface area contributed by atoms with Crippen LogP contribution in [-0.2, 0) is 0 Å². The molecule has 0 atom stereocenters. The summed E-state index contributed by atoms with van der Waals surface area (Å²) in [6, 6.07) is 1.78. The maximum Gasteiger partial charge on any atom is 0.190 e. The van der Waals surface area contributed by atoms with Crippen LogP contribution in [0.25, 0.3) is 0 Å². The Bertz CT molecular complexity index is 408. The lowest BCUT2D eigenvalue weighted by Crippen LogP contribution is -2.36. The number of nitrogens with zero attached hydrogens (tertiary/aromatic N) is 3. The maximum absolute atomic E-state index is 5.96. The zero-order valence-electron chi connectivity index (χ0n) is 11.5. The predicted molar refractivity (Wildman–Crippen MR) is 82.2 cm³/mol. The zero-order chi connectivity index (χ0) is 13.7. The Hall–Kier alpha value is -0.520. The zero-order valence-corrected chi connectivity index (χ0v) is 13.1. The highest BCUT2D eigenvalue weighted by Gasteiger charge is 2.14. The summed E-state index contributed by atoms with van der Waals surface area (Å²) in [5.74, 6) is 1.70. The molecule has 106 valence electrons. The molecule has 1 aromatic heterocycles. The van der Waals surface area contributed by atoms with E-state index in [-0.39, 0.29) is 0 Å². The van der Waals surface area contributed by atoms with Crippen molar-refractivity contribution < 1.29 is 0 Å². The summed E-state index contributed by atoms with van der Waals surface area (Å²) in [4.78, 5) is 11.0. The van der Waals surface area contributed by atoms with Crippen molar-refractivity contribution in [2.24, 2.45) is 5.92 Å². The van der Waals surface area contributed by atoms with E-state index < -0.39 is 0 Å².